The smallest absolute Gasteiger partial charge is 0.343 e. The highest BCUT2D eigenvalue weighted by Gasteiger charge is 2.42. The Bertz CT molecular complexity index is 1220. The Morgan fingerprint density at radius 2 is 1.62 bits per heavy atom. The van der Waals surface area contributed by atoms with E-state index in [4.69, 9.17) is 0 Å². The predicted molar refractivity (Wildman–Crippen MR) is 104 cm³/mol. The number of halogens is 7. The zero-order chi connectivity index (χ0) is 25.3. The quantitative estimate of drug-likeness (QED) is 0.524. The monoisotopic (exact) mass is 489 g/mol. The van der Waals surface area contributed by atoms with Gasteiger partial charge in [0.05, 0.1) is 5.69 Å². The summed E-state index contributed by atoms with van der Waals surface area (Å²) in [4.78, 5) is 24.6. The fourth-order valence-corrected chi connectivity index (χ4v) is 2.81. The van der Waals surface area contributed by atoms with Crippen molar-refractivity contribution in [3.63, 3.8) is 0 Å². The minimum atomic E-state index is -5.08. The van der Waals surface area contributed by atoms with E-state index in [2.05, 4.69) is 15.6 Å². The van der Waals surface area contributed by atoms with Crippen LogP contribution in [0, 0.1) is 12.7 Å². The summed E-state index contributed by atoms with van der Waals surface area (Å²) in [6.07, 6.45) is -9.74. The van der Waals surface area contributed by atoms with Crippen LogP contribution in [-0.2, 0) is 6.18 Å². The van der Waals surface area contributed by atoms with E-state index in [1.807, 2.05) is 0 Å². The molecule has 0 saturated heterocycles. The maximum atomic E-state index is 13.7. The Morgan fingerprint density at radius 3 is 2.21 bits per heavy atom. The second-order valence-corrected chi connectivity index (χ2v) is 6.95. The average molecular weight is 489 g/mol. The molecule has 0 aliphatic heterocycles. The molecule has 180 valence electrons. The molecule has 0 fully saturated rings. The number of aryl methyl sites for hydroxylation is 1. The zero-order valence-electron chi connectivity index (χ0n) is 17.1. The number of rotatable bonds is 5. The highest BCUT2D eigenvalue weighted by molar-refractivity contribution is 6.05. The van der Waals surface area contributed by atoms with Gasteiger partial charge in [0.25, 0.3) is 11.8 Å². The molecule has 1 aromatic heterocycles. The van der Waals surface area contributed by atoms with Crippen LogP contribution >= 0.6 is 0 Å². The van der Waals surface area contributed by atoms with Crippen molar-refractivity contribution in [2.45, 2.75) is 19.3 Å². The van der Waals surface area contributed by atoms with Crippen LogP contribution in [0.2, 0.25) is 0 Å². The molecule has 2 amide bonds. The van der Waals surface area contributed by atoms with Crippen LogP contribution in [0.15, 0.2) is 42.5 Å². The number of carbonyl (C=O) groups is 2. The van der Waals surface area contributed by atoms with Gasteiger partial charge in [-0.15, -0.1) is 5.10 Å². The Morgan fingerprint density at radius 1 is 0.971 bits per heavy atom. The lowest BCUT2D eigenvalue weighted by Crippen LogP contribution is -2.33. The molecule has 0 spiro atoms. The molecule has 14 heteroatoms. The number of carbonyl (C=O) groups excluding carboxylic acids is 2. The first-order chi connectivity index (χ1) is 15.8. The lowest BCUT2D eigenvalue weighted by Gasteiger charge is -2.13. The molecule has 34 heavy (non-hydrogen) atoms. The lowest BCUT2D eigenvalue weighted by atomic mass is 10.1. The van der Waals surface area contributed by atoms with Crippen LogP contribution < -0.4 is 10.6 Å². The zero-order valence-corrected chi connectivity index (χ0v) is 17.1. The first-order valence-corrected chi connectivity index (χ1v) is 9.32. The molecule has 0 bridgehead atoms. The third kappa shape index (κ3) is 5.68. The molecular formula is C20H14F7N5O2. The van der Waals surface area contributed by atoms with Gasteiger partial charge >= 0.3 is 12.4 Å². The van der Waals surface area contributed by atoms with Gasteiger partial charge in [0, 0.05) is 11.3 Å². The van der Waals surface area contributed by atoms with Crippen LogP contribution in [0.1, 0.15) is 32.1 Å². The molecule has 2 aromatic carbocycles. The predicted octanol–water partition coefficient (Wildman–Crippen LogP) is 4.28. The topological polar surface area (TPSA) is 88.9 Å². The van der Waals surface area contributed by atoms with Crippen molar-refractivity contribution in [2.24, 2.45) is 0 Å². The maximum Gasteiger partial charge on any atom is 0.435 e. The lowest BCUT2D eigenvalue weighted by molar-refractivity contribution is -0.143. The van der Waals surface area contributed by atoms with E-state index < -0.39 is 47.9 Å². The standard InChI is InChI=1S/C20H14F7N5O2/c1-10-2-3-11(17(33)28-9-19(22,23)24)8-14(10)29-18(34)15-16(20(25,26)27)32(31-30-15)13-6-4-12(21)5-7-13/h2-8H,9H2,1H3,(H,28,33)(H,29,34). The molecule has 0 atom stereocenters. The molecule has 0 radical (unpaired) electrons. The maximum absolute atomic E-state index is 13.7. The van der Waals surface area contributed by atoms with Gasteiger partial charge in [-0.3, -0.25) is 9.59 Å². The van der Waals surface area contributed by atoms with E-state index in [1.165, 1.54) is 19.1 Å². The van der Waals surface area contributed by atoms with Crippen molar-refractivity contribution in [2.75, 3.05) is 11.9 Å². The van der Waals surface area contributed by atoms with Crippen molar-refractivity contribution in [3.05, 3.63) is 70.8 Å². The fourth-order valence-electron chi connectivity index (χ4n) is 2.81. The van der Waals surface area contributed by atoms with Crippen LogP contribution in [0.25, 0.3) is 5.69 Å². The normalized spacial score (nSPS) is 11.9. The Balaban J connectivity index is 1.91. The largest absolute Gasteiger partial charge is 0.435 e. The minimum absolute atomic E-state index is 0.130. The van der Waals surface area contributed by atoms with Gasteiger partial charge < -0.3 is 10.6 Å². The summed E-state index contributed by atoms with van der Waals surface area (Å²) in [5.74, 6) is -3.15. The molecule has 1 heterocycles. The number of hydrogen-bond donors (Lipinski definition) is 2. The van der Waals surface area contributed by atoms with Crippen molar-refractivity contribution in [3.8, 4) is 5.69 Å². The highest BCUT2D eigenvalue weighted by atomic mass is 19.4. The Kier molecular flexibility index (Phi) is 6.61. The summed E-state index contributed by atoms with van der Waals surface area (Å²) in [5, 5.41) is 10.5. The minimum Gasteiger partial charge on any atom is -0.343 e. The third-order valence-corrected chi connectivity index (χ3v) is 4.42. The van der Waals surface area contributed by atoms with Crippen LogP contribution in [-0.4, -0.2) is 39.5 Å². The Hall–Kier alpha value is -3.97. The number of alkyl halides is 6. The average Bonchev–Trinajstić information content (AvgIpc) is 3.19. The molecule has 2 N–H and O–H groups in total. The number of aromatic nitrogens is 3. The summed E-state index contributed by atoms with van der Waals surface area (Å²) in [7, 11) is 0. The van der Waals surface area contributed by atoms with Gasteiger partial charge in [0.15, 0.2) is 11.4 Å². The van der Waals surface area contributed by atoms with Crippen LogP contribution in [0.3, 0.4) is 0 Å². The number of anilines is 1. The summed E-state index contributed by atoms with van der Waals surface area (Å²) in [6, 6.07) is 7.30. The van der Waals surface area contributed by atoms with Crippen molar-refractivity contribution < 1.29 is 40.3 Å². The van der Waals surface area contributed by atoms with E-state index in [-0.39, 0.29) is 16.9 Å². The molecule has 7 nitrogen and oxygen atoms in total. The van der Waals surface area contributed by atoms with Crippen molar-refractivity contribution >= 4 is 17.5 Å². The van der Waals surface area contributed by atoms with Gasteiger partial charge in [-0.05, 0) is 48.9 Å². The SMILES string of the molecule is Cc1ccc(C(=O)NCC(F)(F)F)cc1NC(=O)c1nnn(-c2ccc(F)cc2)c1C(F)(F)F. The van der Waals surface area contributed by atoms with Gasteiger partial charge in [-0.2, -0.15) is 26.3 Å². The summed E-state index contributed by atoms with van der Waals surface area (Å²) in [6.45, 7) is -0.143. The number of benzene rings is 2. The fraction of sp³-hybridized carbons (Fsp3) is 0.200. The molecule has 0 aliphatic carbocycles. The second-order valence-electron chi connectivity index (χ2n) is 6.95. The molecule has 3 rings (SSSR count). The number of hydrogen-bond acceptors (Lipinski definition) is 4. The number of nitrogens with one attached hydrogen (secondary N) is 2. The van der Waals surface area contributed by atoms with Gasteiger partial charge in [-0.1, -0.05) is 11.3 Å². The van der Waals surface area contributed by atoms with E-state index in [0.717, 1.165) is 30.3 Å². The second kappa shape index (κ2) is 9.11. The van der Waals surface area contributed by atoms with E-state index in [0.29, 0.717) is 10.2 Å². The van der Waals surface area contributed by atoms with Crippen molar-refractivity contribution in [1.29, 1.82) is 0 Å². The van der Waals surface area contributed by atoms with Crippen LogP contribution in [0.4, 0.5) is 36.4 Å². The van der Waals surface area contributed by atoms with E-state index in [9.17, 15) is 40.3 Å². The van der Waals surface area contributed by atoms with Crippen LogP contribution in [0.5, 0.6) is 0 Å². The van der Waals surface area contributed by atoms with Gasteiger partial charge in [0.1, 0.15) is 12.4 Å². The van der Waals surface area contributed by atoms with Gasteiger partial charge in [0.2, 0.25) is 0 Å². The summed E-state index contributed by atoms with van der Waals surface area (Å²) in [5.41, 5.74) is -2.94. The highest BCUT2D eigenvalue weighted by Crippen LogP contribution is 2.33. The van der Waals surface area contributed by atoms with E-state index in [1.54, 1.807) is 5.32 Å². The number of amides is 2. The summed E-state index contributed by atoms with van der Waals surface area (Å²) < 4.78 is 91.6. The first-order valence-electron chi connectivity index (χ1n) is 9.32. The number of nitrogens with zero attached hydrogens (tertiary/aromatic N) is 3. The van der Waals surface area contributed by atoms with Gasteiger partial charge in [-0.25, -0.2) is 9.07 Å². The molecule has 0 unspecified atom stereocenters. The van der Waals surface area contributed by atoms with E-state index >= 15 is 0 Å². The molecule has 3 aromatic rings. The van der Waals surface area contributed by atoms with Crippen molar-refractivity contribution in [1.82, 2.24) is 20.3 Å². The first kappa shape index (κ1) is 24.7. The molecule has 0 saturated carbocycles. The summed E-state index contributed by atoms with van der Waals surface area (Å²) >= 11 is 0. The third-order valence-electron chi connectivity index (χ3n) is 4.42. The Labute approximate surface area is 186 Å². The molecule has 0 aliphatic rings. The molecular weight excluding hydrogens is 475 g/mol.